The van der Waals surface area contributed by atoms with Crippen LogP contribution in [0.2, 0.25) is 5.02 Å². The van der Waals surface area contributed by atoms with Gasteiger partial charge in [0.25, 0.3) is 5.88 Å². The number of carboxylic acids is 1. The van der Waals surface area contributed by atoms with Gasteiger partial charge in [0.1, 0.15) is 5.75 Å². The molecule has 156 valence electrons. The third kappa shape index (κ3) is 4.53. The summed E-state index contributed by atoms with van der Waals surface area (Å²) < 4.78 is 19.2. The number of pyridine rings is 1. The van der Waals surface area contributed by atoms with Crippen molar-refractivity contribution in [1.29, 1.82) is 0 Å². The van der Waals surface area contributed by atoms with Crippen LogP contribution in [0.25, 0.3) is 5.69 Å². The number of rotatable bonds is 7. The van der Waals surface area contributed by atoms with Crippen LogP contribution < -0.4 is 15.4 Å². The first kappa shape index (κ1) is 20.1. The number of halogens is 2. The summed E-state index contributed by atoms with van der Waals surface area (Å²) in [6.45, 7) is 1.28. The Bertz CT molecular complexity index is 1050. The van der Waals surface area contributed by atoms with E-state index in [1.807, 2.05) is 0 Å². The summed E-state index contributed by atoms with van der Waals surface area (Å²) in [5.74, 6) is -1.37. The molecule has 3 heterocycles. The van der Waals surface area contributed by atoms with E-state index in [2.05, 4.69) is 31.0 Å². The molecular formula is C18H17ClFN7O3. The van der Waals surface area contributed by atoms with Crippen LogP contribution in [-0.4, -0.2) is 55.4 Å². The van der Waals surface area contributed by atoms with E-state index in [0.717, 1.165) is 6.07 Å². The first-order valence-electron chi connectivity index (χ1n) is 9.05. The number of benzene rings is 1. The molecule has 3 aromatic rings. The van der Waals surface area contributed by atoms with E-state index in [1.165, 1.54) is 11.0 Å². The van der Waals surface area contributed by atoms with Gasteiger partial charge in [-0.15, -0.1) is 15.0 Å². The van der Waals surface area contributed by atoms with Gasteiger partial charge in [-0.05, 0) is 35.5 Å². The van der Waals surface area contributed by atoms with Crippen molar-refractivity contribution in [3.05, 3.63) is 53.2 Å². The fourth-order valence-electron chi connectivity index (χ4n) is 3.03. The van der Waals surface area contributed by atoms with Gasteiger partial charge in [0.2, 0.25) is 0 Å². The van der Waals surface area contributed by atoms with Gasteiger partial charge in [0.15, 0.2) is 11.6 Å². The molecule has 0 unspecified atom stereocenters. The van der Waals surface area contributed by atoms with Gasteiger partial charge in [0.05, 0.1) is 23.2 Å². The number of aromatic nitrogens is 5. The van der Waals surface area contributed by atoms with Gasteiger partial charge >= 0.3 is 5.97 Å². The zero-order valence-electron chi connectivity index (χ0n) is 15.5. The highest BCUT2D eigenvalue weighted by atomic mass is 35.5. The molecule has 3 N–H and O–H groups in total. The topological polar surface area (TPSA) is 127 Å². The Kier molecular flexibility index (Phi) is 5.84. The first-order chi connectivity index (χ1) is 14.5. The Labute approximate surface area is 175 Å². The molecule has 2 aromatic heterocycles. The molecule has 12 heteroatoms. The summed E-state index contributed by atoms with van der Waals surface area (Å²) in [7, 11) is 0. The number of carboxylic acid groups (broad SMARTS) is 1. The SMILES string of the molecule is O=C(O)[C@H]1CNC[C@H]1NCc1nnn(-c2ccc(Oc3ncc(Cl)cc3F)cc2)n1. The average molecular weight is 434 g/mol. The van der Waals surface area contributed by atoms with Gasteiger partial charge in [-0.3, -0.25) is 4.79 Å². The van der Waals surface area contributed by atoms with Gasteiger partial charge < -0.3 is 20.5 Å². The zero-order valence-corrected chi connectivity index (χ0v) is 16.3. The minimum absolute atomic E-state index is 0.180. The van der Waals surface area contributed by atoms with Crippen molar-refractivity contribution in [2.45, 2.75) is 12.6 Å². The molecule has 1 saturated heterocycles. The highest BCUT2D eigenvalue weighted by molar-refractivity contribution is 6.30. The van der Waals surface area contributed by atoms with Gasteiger partial charge in [-0.1, -0.05) is 11.6 Å². The number of hydrogen-bond donors (Lipinski definition) is 3. The van der Waals surface area contributed by atoms with Crippen LogP contribution in [0, 0.1) is 11.7 Å². The fourth-order valence-corrected chi connectivity index (χ4v) is 3.18. The van der Waals surface area contributed by atoms with Crippen molar-refractivity contribution in [1.82, 2.24) is 35.8 Å². The molecule has 30 heavy (non-hydrogen) atoms. The lowest BCUT2D eigenvalue weighted by molar-refractivity contribution is -0.141. The monoisotopic (exact) mass is 433 g/mol. The molecule has 0 bridgehead atoms. The van der Waals surface area contributed by atoms with E-state index < -0.39 is 17.7 Å². The number of hydrogen-bond acceptors (Lipinski definition) is 8. The van der Waals surface area contributed by atoms with E-state index in [9.17, 15) is 14.3 Å². The van der Waals surface area contributed by atoms with Crippen molar-refractivity contribution < 1.29 is 19.0 Å². The predicted molar refractivity (Wildman–Crippen MR) is 103 cm³/mol. The number of aliphatic carboxylic acids is 1. The van der Waals surface area contributed by atoms with E-state index >= 15 is 0 Å². The lowest BCUT2D eigenvalue weighted by Crippen LogP contribution is -2.39. The molecule has 0 spiro atoms. The quantitative estimate of drug-likeness (QED) is 0.506. The Morgan fingerprint density at radius 1 is 1.37 bits per heavy atom. The standard InChI is InChI=1S/C18H17ClFN7O3/c19-10-5-14(20)17(23-6-10)30-12-3-1-11(2-4-12)27-25-16(24-26-27)9-22-15-8-21-7-13(15)18(28)29/h1-6,13,15,21-22H,7-9H2,(H,28,29)/t13-,15+/m0/s1. The molecule has 0 saturated carbocycles. The maximum absolute atomic E-state index is 13.8. The number of nitrogens with one attached hydrogen (secondary N) is 2. The minimum Gasteiger partial charge on any atom is -0.481 e. The Morgan fingerprint density at radius 2 is 2.17 bits per heavy atom. The Hall–Kier alpha value is -3.15. The van der Waals surface area contributed by atoms with Crippen LogP contribution in [0.5, 0.6) is 11.6 Å². The Balaban J connectivity index is 1.38. The molecule has 1 fully saturated rings. The largest absolute Gasteiger partial charge is 0.481 e. The van der Waals surface area contributed by atoms with Crippen LogP contribution in [0.3, 0.4) is 0 Å². The normalized spacial score (nSPS) is 18.5. The third-order valence-electron chi connectivity index (χ3n) is 4.57. The second-order valence-electron chi connectivity index (χ2n) is 6.62. The molecule has 1 aliphatic rings. The van der Waals surface area contributed by atoms with Crippen LogP contribution in [0.4, 0.5) is 4.39 Å². The second kappa shape index (κ2) is 8.69. The Morgan fingerprint density at radius 3 is 2.90 bits per heavy atom. The molecule has 2 atom stereocenters. The highest BCUT2D eigenvalue weighted by Gasteiger charge is 2.32. The van der Waals surface area contributed by atoms with E-state index in [-0.39, 0.29) is 16.9 Å². The lowest BCUT2D eigenvalue weighted by atomic mass is 10.0. The van der Waals surface area contributed by atoms with Crippen molar-refractivity contribution in [3.63, 3.8) is 0 Å². The number of carbonyl (C=O) groups is 1. The molecule has 1 aliphatic heterocycles. The smallest absolute Gasteiger partial charge is 0.309 e. The van der Waals surface area contributed by atoms with Crippen molar-refractivity contribution >= 4 is 17.6 Å². The first-order valence-corrected chi connectivity index (χ1v) is 9.42. The summed E-state index contributed by atoms with van der Waals surface area (Å²) in [6.07, 6.45) is 1.30. The molecule has 1 aromatic carbocycles. The van der Waals surface area contributed by atoms with Crippen LogP contribution >= 0.6 is 11.6 Å². The van der Waals surface area contributed by atoms with Crippen LogP contribution in [0.1, 0.15) is 5.82 Å². The molecule has 0 radical (unpaired) electrons. The van der Waals surface area contributed by atoms with Gasteiger partial charge in [0, 0.05) is 25.3 Å². The van der Waals surface area contributed by atoms with E-state index in [1.54, 1.807) is 24.3 Å². The maximum Gasteiger partial charge on any atom is 0.309 e. The molecule has 0 aliphatic carbocycles. The number of tetrazole rings is 1. The minimum atomic E-state index is -0.842. The second-order valence-corrected chi connectivity index (χ2v) is 7.06. The molecular weight excluding hydrogens is 417 g/mol. The lowest BCUT2D eigenvalue weighted by Gasteiger charge is -2.14. The van der Waals surface area contributed by atoms with Gasteiger partial charge in [-0.2, -0.15) is 0 Å². The molecule has 10 nitrogen and oxygen atoms in total. The fraction of sp³-hybridized carbons (Fsp3) is 0.278. The van der Waals surface area contributed by atoms with Crippen molar-refractivity contribution in [2.24, 2.45) is 5.92 Å². The third-order valence-corrected chi connectivity index (χ3v) is 4.77. The number of nitrogens with zero attached hydrogens (tertiary/aromatic N) is 5. The summed E-state index contributed by atoms with van der Waals surface area (Å²) in [6, 6.07) is 7.52. The van der Waals surface area contributed by atoms with Crippen LogP contribution in [0.15, 0.2) is 36.5 Å². The molecule has 0 amide bonds. The maximum atomic E-state index is 13.8. The summed E-state index contributed by atoms with van der Waals surface area (Å²) in [5, 5.41) is 27.8. The predicted octanol–water partition coefficient (Wildman–Crippen LogP) is 1.40. The van der Waals surface area contributed by atoms with E-state index in [0.29, 0.717) is 36.9 Å². The van der Waals surface area contributed by atoms with Crippen molar-refractivity contribution in [2.75, 3.05) is 13.1 Å². The zero-order chi connectivity index (χ0) is 21.1. The van der Waals surface area contributed by atoms with Gasteiger partial charge in [-0.25, -0.2) is 9.37 Å². The van der Waals surface area contributed by atoms with Crippen LogP contribution in [-0.2, 0) is 11.3 Å². The summed E-state index contributed by atoms with van der Waals surface area (Å²) in [5.41, 5.74) is 0.622. The number of ether oxygens (including phenoxy) is 1. The molecule has 4 rings (SSSR count). The summed E-state index contributed by atoms with van der Waals surface area (Å²) in [4.78, 5) is 16.4. The van der Waals surface area contributed by atoms with E-state index in [4.69, 9.17) is 16.3 Å². The summed E-state index contributed by atoms with van der Waals surface area (Å²) >= 11 is 5.68. The highest BCUT2D eigenvalue weighted by Crippen LogP contribution is 2.24. The van der Waals surface area contributed by atoms with Crippen molar-refractivity contribution in [3.8, 4) is 17.3 Å². The average Bonchev–Trinajstić information content (AvgIpc) is 3.38.